The standard InChI is InChI=1S/C21H12ClN3O2S/c22-17-10-28-20(24-17)19-23-9-16(21(26)27)18(25-19)14-7-3-6-13-12-5-2-1-4-11(12)8-15(13)14/h1-7,9-10H,8H2,(H,26,27). The van der Waals surface area contributed by atoms with Gasteiger partial charge in [-0.05, 0) is 28.7 Å². The predicted molar refractivity (Wildman–Crippen MR) is 109 cm³/mol. The van der Waals surface area contributed by atoms with Crippen LogP contribution in [0.1, 0.15) is 21.5 Å². The van der Waals surface area contributed by atoms with Crippen LogP contribution in [0.3, 0.4) is 0 Å². The zero-order chi connectivity index (χ0) is 19.3. The monoisotopic (exact) mass is 405 g/mol. The van der Waals surface area contributed by atoms with Crippen LogP contribution in [0, 0.1) is 0 Å². The van der Waals surface area contributed by atoms with E-state index in [0.717, 1.165) is 23.1 Å². The first-order valence-corrected chi connectivity index (χ1v) is 9.80. The number of carboxylic acids is 1. The van der Waals surface area contributed by atoms with Gasteiger partial charge in [-0.25, -0.2) is 19.7 Å². The molecule has 0 spiro atoms. The molecule has 0 amide bonds. The lowest BCUT2D eigenvalue weighted by Gasteiger charge is -2.11. The first-order valence-electron chi connectivity index (χ1n) is 8.54. The van der Waals surface area contributed by atoms with Crippen LogP contribution in [0.15, 0.2) is 54.0 Å². The number of rotatable bonds is 3. The highest BCUT2D eigenvalue weighted by Gasteiger charge is 2.25. The first kappa shape index (κ1) is 17.0. The molecule has 0 saturated heterocycles. The maximum Gasteiger partial charge on any atom is 0.339 e. The van der Waals surface area contributed by atoms with Crippen molar-refractivity contribution in [1.82, 2.24) is 15.0 Å². The van der Waals surface area contributed by atoms with E-state index < -0.39 is 5.97 Å². The summed E-state index contributed by atoms with van der Waals surface area (Å²) in [7, 11) is 0. The zero-order valence-corrected chi connectivity index (χ0v) is 16.0. The molecule has 5 nitrogen and oxygen atoms in total. The van der Waals surface area contributed by atoms with Crippen molar-refractivity contribution in [3.63, 3.8) is 0 Å². The SMILES string of the molecule is O=C(O)c1cnc(-c2nc(Cl)cs2)nc1-c1cccc2c1Cc1ccccc1-2. The number of benzene rings is 2. The number of aromatic carboxylic acids is 1. The van der Waals surface area contributed by atoms with E-state index in [0.29, 0.717) is 21.7 Å². The molecule has 1 N–H and O–H groups in total. The van der Waals surface area contributed by atoms with Crippen LogP contribution in [0.2, 0.25) is 5.15 Å². The van der Waals surface area contributed by atoms with Crippen LogP contribution >= 0.6 is 22.9 Å². The molecule has 2 aromatic carbocycles. The van der Waals surface area contributed by atoms with Gasteiger partial charge in [0.2, 0.25) is 0 Å². The van der Waals surface area contributed by atoms with E-state index in [2.05, 4.69) is 33.2 Å². The maximum atomic E-state index is 11.9. The second-order valence-corrected chi connectivity index (χ2v) is 7.65. The number of aromatic nitrogens is 3. The van der Waals surface area contributed by atoms with Crippen molar-refractivity contribution in [2.24, 2.45) is 0 Å². The van der Waals surface area contributed by atoms with Crippen molar-refractivity contribution in [3.8, 4) is 33.2 Å². The predicted octanol–water partition coefficient (Wildman–Crippen LogP) is 5.19. The van der Waals surface area contributed by atoms with Crippen LogP contribution < -0.4 is 0 Å². The average molecular weight is 406 g/mol. The number of hydrogen-bond donors (Lipinski definition) is 1. The highest BCUT2D eigenvalue weighted by Crippen LogP contribution is 2.42. The summed E-state index contributed by atoms with van der Waals surface area (Å²) in [6, 6.07) is 14.1. The number of hydrogen-bond acceptors (Lipinski definition) is 5. The Balaban J connectivity index is 1.73. The van der Waals surface area contributed by atoms with Crippen molar-refractivity contribution in [2.75, 3.05) is 0 Å². The Morgan fingerprint density at radius 1 is 1.04 bits per heavy atom. The van der Waals surface area contributed by atoms with Gasteiger partial charge in [0.15, 0.2) is 10.8 Å². The molecular formula is C21H12ClN3O2S. The van der Waals surface area contributed by atoms with E-state index >= 15 is 0 Å². The topological polar surface area (TPSA) is 76.0 Å². The van der Waals surface area contributed by atoms with E-state index in [1.807, 2.05) is 24.3 Å². The summed E-state index contributed by atoms with van der Waals surface area (Å²) < 4.78 is 0. The van der Waals surface area contributed by atoms with E-state index in [-0.39, 0.29) is 5.56 Å². The van der Waals surface area contributed by atoms with Gasteiger partial charge in [-0.3, -0.25) is 0 Å². The lowest BCUT2D eigenvalue weighted by Crippen LogP contribution is -2.06. The molecule has 1 aliphatic carbocycles. The van der Waals surface area contributed by atoms with Crippen molar-refractivity contribution in [3.05, 3.63) is 75.9 Å². The number of carbonyl (C=O) groups is 1. The molecular weight excluding hydrogens is 394 g/mol. The van der Waals surface area contributed by atoms with Gasteiger partial charge in [0.1, 0.15) is 10.7 Å². The van der Waals surface area contributed by atoms with Gasteiger partial charge in [0.05, 0.1) is 5.69 Å². The molecule has 0 bridgehead atoms. The first-order chi connectivity index (χ1) is 13.6. The summed E-state index contributed by atoms with van der Waals surface area (Å²) in [6.07, 6.45) is 2.08. The molecule has 0 unspecified atom stereocenters. The molecule has 5 rings (SSSR count). The normalized spacial score (nSPS) is 11.9. The fourth-order valence-electron chi connectivity index (χ4n) is 3.58. The Labute approximate surface area is 169 Å². The molecule has 0 radical (unpaired) electrons. The number of fused-ring (bicyclic) bond motifs is 3. The fourth-order valence-corrected chi connectivity index (χ4v) is 4.47. The van der Waals surface area contributed by atoms with Gasteiger partial charge < -0.3 is 5.11 Å². The summed E-state index contributed by atoms with van der Waals surface area (Å²) in [5, 5.41) is 12.3. The minimum atomic E-state index is -1.06. The number of halogens is 1. The van der Waals surface area contributed by atoms with Gasteiger partial charge in [-0.2, -0.15) is 0 Å². The molecule has 4 aromatic rings. The van der Waals surface area contributed by atoms with Crippen LogP contribution in [-0.4, -0.2) is 26.0 Å². The summed E-state index contributed by atoms with van der Waals surface area (Å²) >= 11 is 7.25. The molecule has 0 saturated carbocycles. The lowest BCUT2D eigenvalue weighted by molar-refractivity contribution is 0.0697. The number of carboxylic acid groups (broad SMARTS) is 1. The van der Waals surface area contributed by atoms with Gasteiger partial charge in [0.25, 0.3) is 0 Å². The quantitative estimate of drug-likeness (QED) is 0.447. The molecule has 0 fully saturated rings. The highest BCUT2D eigenvalue weighted by atomic mass is 35.5. The lowest BCUT2D eigenvalue weighted by atomic mass is 9.97. The fraction of sp³-hybridized carbons (Fsp3) is 0.0476. The summed E-state index contributed by atoms with van der Waals surface area (Å²) in [4.78, 5) is 24.8. The largest absolute Gasteiger partial charge is 0.478 e. The molecule has 2 aromatic heterocycles. The van der Waals surface area contributed by atoms with Crippen molar-refractivity contribution in [2.45, 2.75) is 6.42 Å². The second kappa shape index (κ2) is 6.51. The van der Waals surface area contributed by atoms with Crippen molar-refractivity contribution in [1.29, 1.82) is 0 Å². The van der Waals surface area contributed by atoms with E-state index in [9.17, 15) is 9.90 Å². The number of nitrogens with zero attached hydrogens (tertiary/aromatic N) is 3. The molecule has 2 heterocycles. The maximum absolute atomic E-state index is 11.9. The molecule has 28 heavy (non-hydrogen) atoms. The highest BCUT2D eigenvalue weighted by molar-refractivity contribution is 7.13. The molecule has 1 aliphatic rings. The molecule has 7 heteroatoms. The zero-order valence-electron chi connectivity index (χ0n) is 14.4. The van der Waals surface area contributed by atoms with Crippen LogP contribution in [0.4, 0.5) is 0 Å². The van der Waals surface area contributed by atoms with Gasteiger partial charge in [-0.1, -0.05) is 54.1 Å². The van der Waals surface area contributed by atoms with Crippen LogP contribution in [-0.2, 0) is 6.42 Å². The van der Waals surface area contributed by atoms with Gasteiger partial charge >= 0.3 is 5.97 Å². The summed E-state index contributed by atoms with van der Waals surface area (Å²) in [5.74, 6) is -0.697. The van der Waals surface area contributed by atoms with Crippen LogP contribution in [0.5, 0.6) is 0 Å². The minimum Gasteiger partial charge on any atom is -0.478 e. The average Bonchev–Trinajstić information content (AvgIpc) is 3.31. The van der Waals surface area contributed by atoms with E-state index in [4.69, 9.17) is 11.6 Å². The smallest absolute Gasteiger partial charge is 0.339 e. The van der Waals surface area contributed by atoms with E-state index in [1.165, 1.54) is 28.7 Å². The third-order valence-corrected chi connectivity index (χ3v) is 5.95. The molecule has 136 valence electrons. The molecule has 0 aliphatic heterocycles. The number of thiazole rings is 1. The van der Waals surface area contributed by atoms with Crippen LogP contribution in [0.25, 0.3) is 33.2 Å². The Hall–Kier alpha value is -3.09. The Kier molecular flexibility index (Phi) is 3.96. The third kappa shape index (κ3) is 2.69. The van der Waals surface area contributed by atoms with Crippen molar-refractivity contribution >= 4 is 28.9 Å². The minimum absolute atomic E-state index is 0.0655. The van der Waals surface area contributed by atoms with Crippen molar-refractivity contribution < 1.29 is 9.90 Å². The van der Waals surface area contributed by atoms with Gasteiger partial charge in [0, 0.05) is 17.1 Å². The Morgan fingerprint density at radius 2 is 1.82 bits per heavy atom. The summed E-state index contributed by atoms with van der Waals surface area (Å²) in [6.45, 7) is 0. The second-order valence-electron chi connectivity index (χ2n) is 6.40. The Morgan fingerprint density at radius 3 is 2.61 bits per heavy atom. The summed E-state index contributed by atoms with van der Waals surface area (Å²) in [5.41, 5.74) is 5.86. The molecule has 0 atom stereocenters. The van der Waals surface area contributed by atoms with E-state index in [1.54, 1.807) is 5.38 Å². The third-order valence-electron chi connectivity index (χ3n) is 4.79. The van der Waals surface area contributed by atoms with Gasteiger partial charge in [-0.15, -0.1) is 11.3 Å². The Bertz CT molecular complexity index is 1250.